The molecule has 0 bridgehead atoms. The van der Waals surface area contributed by atoms with Crippen molar-refractivity contribution in [2.24, 2.45) is 10.7 Å². The van der Waals surface area contributed by atoms with Gasteiger partial charge in [0.05, 0.1) is 16.5 Å². The van der Waals surface area contributed by atoms with Crippen molar-refractivity contribution in [1.29, 1.82) is 0 Å². The van der Waals surface area contributed by atoms with Gasteiger partial charge in [-0.05, 0) is 60.2 Å². The normalized spacial score (nSPS) is 13.8. The number of hydrogen-bond acceptors (Lipinski definition) is 3. The molecule has 0 saturated heterocycles. The van der Waals surface area contributed by atoms with Crippen molar-refractivity contribution in [3.63, 3.8) is 0 Å². The molecule has 2 aromatic carbocycles. The maximum atomic E-state index is 11.6. The molecule has 0 unspecified atom stereocenters. The van der Waals surface area contributed by atoms with E-state index in [1.165, 1.54) is 23.6 Å². The van der Waals surface area contributed by atoms with Crippen molar-refractivity contribution in [3.8, 4) is 0 Å². The van der Waals surface area contributed by atoms with Gasteiger partial charge in [-0.25, -0.2) is 13.4 Å². The topological polar surface area (TPSA) is 84.5 Å². The highest BCUT2D eigenvalue weighted by Crippen LogP contribution is 2.25. The van der Waals surface area contributed by atoms with Gasteiger partial charge in [0, 0.05) is 11.9 Å². The number of rotatable bonds is 4. The largest absolute Gasteiger partial charge is 0.370 e. The van der Waals surface area contributed by atoms with Crippen LogP contribution in [0, 0.1) is 0 Å². The second kappa shape index (κ2) is 8.58. The number of anilines is 1. The molecule has 0 spiro atoms. The molecule has 3 rings (SSSR count). The summed E-state index contributed by atoms with van der Waals surface area (Å²) >= 11 is 6.04. The number of hydrogen-bond donors (Lipinski definition) is 2. The number of halogens is 2. The number of nitrogens with zero attached hydrogens (tertiary/aromatic N) is 1. The molecule has 26 heavy (non-hydrogen) atoms. The Morgan fingerprint density at radius 3 is 2.62 bits per heavy atom. The summed E-state index contributed by atoms with van der Waals surface area (Å²) in [5, 5.41) is 3.29. The lowest BCUT2D eigenvalue weighted by molar-refractivity contribution is 0.602. The lowest BCUT2D eigenvalue weighted by Crippen LogP contribution is -2.22. The molecule has 3 N–H and O–H groups in total. The summed E-state index contributed by atoms with van der Waals surface area (Å²) in [6, 6.07) is 11.0. The van der Waals surface area contributed by atoms with E-state index in [4.69, 9.17) is 17.3 Å². The van der Waals surface area contributed by atoms with Crippen LogP contribution in [-0.4, -0.2) is 20.6 Å². The fraction of sp³-hybridized carbons (Fsp3) is 0.278. The molecular formula is C18H21ClIN3O2S. The van der Waals surface area contributed by atoms with Gasteiger partial charge < -0.3 is 11.1 Å². The van der Waals surface area contributed by atoms with Crippen LogP contribution in [0.15, 0.2) is 46.3 Å². The first-order valence-corrected chi connectivity index (χ1v) is 10.3. The number of benzene rings is 2. The molecule has 0 atom stereocenters. The fourth-order valence-corrected chi connectivity index (χ4v) is 4.31. The summed E-state index contributed by atoms with van der Waals surface area (Å²) < 4.78 is 23.1. The molecule has 0 heterocycles. The Labute approximate surface area is 176 Å². The van der Waals surface area contributed by atoms with E-state index in [-0.39, 0.29) is 33.9 Å². The molecular weight excluding hydrogens is 485 g/mol. The van der Waals surface area contributed by atoms with E-state index in [9.17, 15) is 8.42 Å². The van der Waals surface area contributed by atoms with Crippen LogP contribution in [0.2, 0.25) is 5.02 Å². The maximum Gasteiger partial charge on any atom is 0.193 e. The van der Waals surface area contributed by atoms with Gasteiger partial charge in [-0.2, -0.15) is 0 Å². The minimum absolute atomic E-state index is 0. The minimum atomic E-state index is -3.33. The third-order valence-electron chi connectivity index (χ3n) is 4.20. The first-order chi connectivity index (χ1) is 11.8. The van der Waals surface area contributed by atoms with Crippen molar-refractivity contribution < 1.29 is 8.42 Å². The van der Waals surface area contributed by atoms with E-state index in [0.29, 0.717) is 12.5 Å². The summed E-state index contributed by atoms with van der Waals surface area (Å²) in [4.78, 5) is 4.41. The molecule has 5 nitrogen and oxygen atoms in total. The van der Waals surface area contributed by atoms with Gasteiger partial charge in [-0.3, -0.25) is 0 Å². The minimum Gasteiger partial charge on any atom is -0.370 e. The third-order valence-corrected chi connectivity index (χ3v) is 5.78. The zero-order valence-electron chi connectivity index (χ0n) is 14.3. The second-order valence-corrected chi connectivity index (χ2v) is 8.59. The molecule has 1 aliphatic carbocycles. The highest BCUT2D eigenvalue weighted by molar-refractivity contribution is 14.0. The van der Waals surface area contributed by atoms with E-state index in [0.717, 1.165) is 30.3 Å². The number of sulfone groups is 1. The number of fused-ring (bicyclic) bond motifs is 1. The molecule has 1 aliphatic rings. The van der Waals surface area contributed by atoms with Gasteiger partial charge in [0.15, 0.2) is 15.8 Å². The highest BCUT2D eigenvalue weighted by Gasteiger charge is 2.13. The van der Waals surface area contributed by atoms with Crippen LogP contribution < -0.4 is 11.1 Å². The van der Waals surface area contributed by atoms with E-state index in [2.05, 4.69) is 22.4 Å². The number of aryl methyl sites for hydroxylation is 2. The van der Waals surface area contributed by atoms with E-state index >= 15 is 0 Å². The predicted molar refractivity (Wildman–Crippen MR) is 117 cm³/mol. The van der Waals surface area contributed by atoms with Gasteiger partial charge in [-0.15, -0.1) is 24.0 Å². The average Bonchev–Trinajstić information content (AvgIpc) is 2.99. The molecule has 0 aliphatic heterocycles. The molecule has 0 amide bonds. The monoisotopic (exact) mass is 505 g/mol. The van der Waals surface area contributed by atoms with Gasteiger partial charge in [0.2, 0.25) is 0 Å². The first kappa shape index (κ1) is 21.0. The summed E-state index contributed by atoms with van der Waals surface area (Å²) in [5.41, 5.74) is 10.4. The third kappa shape index (κ3) is 5.11. The molecule has 140 valence electrons. The standard InChI is InChI=1S/C18H20ClN3O2S.HI/c1-25(23,24)17-8-5-12(9-16(17)19)11-21-18(20)22-15-7-6-13-3-2-4-14(13)10-15;/h5-10H,2-4,11H2,1H3,(H3,20,21,22);1H. The van der Waals surface area contributed by atoms with Crippen LogP contribution in [-0.2, 0) is 29.2 Å². The maximum absolute atomic E-state index is 11.6. The van der Waals surface area contributed by atoms with Gasteiger partial charge in [-0.1, -0.05) is 23.7 Å². The average molecular weight is 506 g/mol. The highest BCUT2D eigenvalue weighted by atomic mass is 127. The molecule has 8 heteroatoms. The zero-order chi connectivity index (χ0) is 18.0. The summed E-state index contributed by atoms with van der Waals surface area (Å²) in [6.45, 7) is 0.313. The van der Waals surface area contributed by atoms with Crippen molar-refractivity contribution >= 4 is 57.1 Å². The van der Waals surface area contributed by atoms with Gasteiger partial charge in [0.25, 0.3) is 0 Å². The molecule has 0 fully saturated rings. The van der Waals surface area contributed by atoms with Crippen LogP contribution in [0.25, 0.3) is 0 Å². The Kier molecular flexibility index (Phi) is 6.92. The quantitative estimate of drug-likeness (QED) is 0.376. The zero-order valence-corrected chi connectivity index (χ0v) is 18.2. The number of nitrogens with one attached hydrogen (secondary N) is 1. The van der Waals surface area contributed by atoms with E-state index in [1.54, 1.807) is 12.1 Å². The Morgan fingerprint density at radius 1 is 1.19 bits per heavy atom. The predicted octanol–water partition coefficient (Wildman–Crippen LogP) is 3.78. The van der Waals surface area contributed by atoms with Crippen molar-refractivity contribution in [1.82, 2.24) is 0 Å². The molecule has 0 saturated carbocycles. The lowest BCUT2D eigenvalue weighted by Gasteiger charge is -2.08. The Morgan fingerprint density at radius 2 is 1.92 bits per heavy atom. The Bertz CT molecular complexity index is 945. The smallest absolute Gasteiger partial charge is 0.193 e. The molecule has 2 aromatic rings. The SMILES string of the molecule is CS(=O)(=O)c1ccc(CN=C(N)Nc2ccc3c(c2)CCC3)cc1Cl.I. The van der Waals surface area contributed by atoms with Crippen LogP contribution in [0.5, 0.6) is 0 Å². The number of aliphatic imine (C=N–C) groups is 1. The fourth-order valence-electron chi connectivity index (χ4n) is 2.96. The van der Waals surface area contributed by atoms with E-state index in [1.807, 2.05) is 6.07 Å². The number of nitrogens with two attached hydrogens (primary N) is 1. The van der Waals surface area contributed by atoms with Crippen LogP contribution in [0.4, 0.5) is 5.69 Å². The van der Waals surface area contributed by atoms with Crippen molar-refractivity contribution in [2.75, 3.05) is 11.6 Å². The van der Waals surface area contributed by atoms with Gasteiger partial charge >= 0.3 is 0 Å². The first-order valence-electron chi connectivity index (χ1n) is 8.00. The van der Waals surface area contributed by atoms with Crippen LogP contribution in [0.3, 0.4) is 0 Å². The van der Waals surface area contributed by atoms with Crippen molar-refractivity contribution in [3.05, 3.63) is 58.1 Å². The molecule has 0 aromatic heterocycles. The summed E-state index contributed by atoms with van der Waals surface area (Å²) in [5.74, 6) is 0.307. The van der Waals surface area contributed by atoms with E-state index < -0.39 is 9.84 Å². The number of guanidine groups is 1. The lowest BCUT2D eigenvalue weighted by atomic mass is 10.1. The Hall–Kier alpha value is -1.32. The van der Waals surface area contributed by atoms with Crippen LogP contribution >= 0.6 is 35.6 Å². The second-order valence-electron chi connectivity index (χ2n) is 6.20. The molecule has 0 radical (unpaired) electrons. The van der Waals surface area contributed by atoms with Gasteiger partial charge in [0.1, 0.15) is 0 Å². The Balaban J connectivity index is 0.00000243. The van der Waals surface area contributed by atoms with Crippen LogP contribution in [0.1, 0.15) is 23.1 Å². The summed E-state index contributed by atoms with van der Waals surface area (Å²) in [6.07, 6.45) is 4.58. The van der Waals surface area contributed by atoms with Crippen molar-refractivity contribution in [2.45, 2.75) is 30.7 Å². The summed E-state index contributed by atoms with van der Waals surface area (Å²) in [7, 11) is -3.33.